The molecule has 0 saturated heterocycles. The molecule has 0 spiro atoms. The maximum Gasteiger partial charge on any atom is 0.323 e. The summed E-state index contributed by atoms with van der Waals surface area (Å²) in [6.07, 6.45) is 2.09. The Morgan fingerprint density at radius 1 is 1.24 bits per heavy atom. The smallest absolute Gasteiger partial charge is 0.323 e. The van der Waals surface area contributed by atoms with Crippen LogP contribution in [0.2, 0.25) is 0 Å². The van der Waals surface area contributed by atoms with Crippen molar-refractivity contribution in [2.75, 3.05) is 25.3 Å². The van der Waals surface area contributed by atoms with Gasteiger partial charge in [0.15, 0.2) is 11.6 Å². The molecule has 11 heteroatoms. The molecule has 0 aliphatic carbocycles. The van der Waals surface area contributed by atoms with Crippen LogP contribution in [0.3, 0.4) is 0 Å². The maximum atomic E-state index is 14.1. The summed E-state index contributed by atoms with van der Waals surface area (Å²) in [5.74, 6) is -3.61. The normalized spacial score (nSPS) is 11.1. The van der Waals surface area contributed by atoms with Gasteiger partial charge in [0.2, 0.25) is 10.0 Å². The summed E-state index contributed by atoms with van der Waals surface area (Å²) in [6.45, 7) is 0. The van der Waals surface area contributed by atoms with Gasteiger partial charge in [0.05, 0.1) is 11.8 Å². The van der Waals surface area contributed by atoms with Gasteiger partial charge in [-0.15, -0.1) is 0 Å². The molecule has 1 N–H and O–H groups in total. The van der Waals surface area contributed by atoms with Gasteiger partial charge in [-0.25, -0.2) is 26.9 Å². The molecule has 2 rings (SSSR count). The second kappa shape index (κ2) is 6.97. The van der Waals surface area contributed by atoms with Crippen LogP contribution in [0.4, 0.5) is 14.6 Å². The minimum atomic E-state index is -3.92. The number of hydrogen-bond donors (Lipinski definition) is 1. The number of sulfonamides is 1. The summed E-state index contributed by atoms with van der Waals surface area (Å²) in [6, 6.07) is 2.50. The number of nitrogens with zero attached hydrogens (tertiary/aromatic N) is 3. The average Bonchev–Trinajstić information content (AvgIpc) is 2.49. The fourth-order valence-corrected chi connectivity index (χ4v) is 2.18. The van der Waals surface area contributed by atoms with Gasteiger partial charge in [-0.05, 0) is 12.1 Å². The number of hydrogen-bond acceptors (Lipinski definition) is 7. The molecule has 0 bridgehead atoms. The van der Waals surface area contributed by atoms with Gasteiger partial charge >= 0.3 is 6.01 Å². The summed E-state index contributed by atoms with van der Waals surface area (Å²) in [5.41, 5.74) is -0.779. The molecule has 0 fully saturated rings. The van der Waals surface area contributed by atoms with E-state index < -0.39 is 38.9 Å². The van der Waals surface area contributed by atoms with Crippen LogP contribution < -0.4 is 14.4 Å². The Kier molecular flexibility index (Phi) is 5.16. The number of benzene rings is 1. The van der Waals surface area contributed by atoms with Gasteiger partial charge in [-0.2, -0.15) is 4.98 Å². The van der Waals surface area contributed by atoms with E-state index in [0.29, 0.717) is 24.2 Å². The Morgan fingerprint density at radius 3 is 2.52 bits per heavy atom. The van der Waals surface area contributed by atoms with Crippen LogP contribution in [0.25, 0.3) is 0 Å². The zero-order valence-electron chi connectivity index (χ0n) is 13.4. The maximum absolute atomic E-state index is 14.1. The van der Waals surface area contributed by atoms with Crippen molar-refractivity contribution in [1.29, 1.82) is 0 Å². The zero-order chi connectivity index (χ0) is 18.8. The lowest BCUT2D eigenvalue weighted by molar-refractivity contribution is 0.0977. The predicted molar refractivity (Wildman–Crippen MR) is 85.1 cm³/mol. The molecular weight excluding hydrogens is 358 g/mol. The Balaban J connectivity index is 2.31. The van der Waals surface area contributed by atoms with Crippen molar-refractivity contribution in [3.63, 3.8) is 0 Å². The summed E-state index contributed by atoms with van der Waals surface area (Å²) >= 11 is 0. The third-order valence-corrected chi connectivity index (χ3v) is 3.38. The lowest BCUT2D eigenvalue weighted by atomic mass is 10.2. The largest absolute Gasteiger partial charge is 0.421 e. The van der Waals surface area contributed by atoms with Crippen LogP contribution in [-0.4, -0.2) is 44.6 Å². The molecule has 1 heterocycles. The molecule has 1 aromatic heterocycles. The molecule has 0 radical (unpaired) electrons. The summed E-state index contributed by atoms with van der Waals surface area (Å²) in [5, 5.41) is 0. The quantitative estimate of drug-likeness (QED) is 0.844. The number of ether oxygens (including phenoxy) is 1. The van der Waals surface area contributed by atoms with E-state index in [1.54, 1.807) is 29.8 Å². The Bertz CT molecular complexity index is 919. The average molecular weight is 372 g/mol. The molecule has 0 aliphatic rings. The van der Waals surface area contributed by atoms with Gasteiger partial charge in [0.25, 0.3) is 5.91 Å². The van der Waals surface area contributed by atoms with Gasteiger partial charge in [-0.1, -0.05) is 0 Å². The number of carbonyl (C=O) groups excluding carboxylic acids is 1. The minimum absolute atomic E-state index is 0.224. The molecule has 0 saturated carbocycles. The van der Waals surface area contributed by atoms with Crippen LogP contribution in [0.15, 0.2) is 24.4 Å². The van der Waals surface area contributed by atoms with Gasteiger partial charge in [0.1, 0.15) is 11.6 Å². The van der Waals surface area contributed by atoms with E-state index >= 15 is 0 Å². The van der Waals surface area contributed by atoms with Crippen LogP contribution >= 0.6 is 0 Å². The molecule has 1 aromatic carbocycles. The van der Waals surface area contributed by atoms with Crippen LogP contribution in [0, 0.1) is 11.6 Å². The van der Waals surface area contributed by atoms with Gasteiger partial charge in [0, 0.05) is 26.4 Å². The molecule has 2 aromatic rings. The fraction of sp³-hybridized carbons (Fsp3) is 0.214. The summed E-state index contributed by atoms with van der Waals surface area (Å²) in [4.78, 5) is 21.1. The number of rotatable bonds is 5. The second-order valence-corrected chi connectivity index (χ2v) is 6.91. The van der Waals surface area contributed by atoms with Crippen LogP contribution in [-0.2, 0) is 10.0 Å². The number of aromatic nitrogens is 2. The molecule has 0 atom stereocenters. The Morgan fingerprint density at radius 2 is 1.92 bits per heavy atom. The minimum Gasteiger partial charge on any atom is -0.421 e. The zero-order valence-corrected chi connectivity index (χ0v) is 14.3. The molecule has 0 aliphatic heterocycles. The Labute approximate surface area is 142 Å². The second-order valence-electron chi connectivity index (χ2n) is 5.16. The van der Waals surface area contributed by atoms with Crippen LogP contribution in [0.1, 0.15) is 10.4 Å². The first-order chi connectivity index (χ1) is 11.6. The van der Waals surface area contributed by atoms with Crippen molar-refractivity contribution in [2.45, 2.75) is 0 Å². The third kappa shape index (κ3) is 4.83. The number of amides is 1. The molecule has 0 unspecified atom stereocenters. The van der Waals surface area contributed by atoms with Crippen molar-refractivity contribution < 1.29 is 26.7 Å². The molecular formula is C14H14F2N4O4S. The highest BCUT2D eigenvalue weighted by molar-refractivity contribution is 7.89. The molecule has 1 amide bonds. The Hall–Kier alpha value is -2.82. The van der Waals surface area contributed by atoms with Gasteiger partial charge < -0.3 is 9.64 Å². The van der Waals surface area contributed by atoms with E-state index in [2.05, 4.69) is 9.97 Å². The van der Waals surface area contributed by atoms with Crippen molar-refractivity contribution >= 4 is 21.7 Å². The lowest BCUT2D eigenvalue weighted by Crippen LogP contribution is -2.30. The van der Waals surface area contributed by atoms with Crippen molar-refractivity contribution in [3.05, 3.63) is 41.6 Å². The van der Waals surface area contributed by atoms with E-state index in [1.807, 2.05) is 0 Å². The first-order valence-corrected chi connectivity index (χ1v) is 8.65. The number of carbonyl (C=O) groups is 1. The monoisotopic (exact) mass is 372 g/mol. The third-order valence-electron chi connectivity index (χ3n) is 2.82. The molecule has 25 heavy (non-hydrogen) atoms. The number of halogens is 2. The van der Waals surface area contributed by atoms with Crippen molar-refractivity contribution in [2.24, 2.45) is 0 Å². The molecule has 134 valence electrons. The highest BCUT2D eigenvalue weighted by atomic mass is 32.2. The van der Waals surface area contributed by atoms with Crippen LogP contribution in [0.5, 0.6) is 11.8 Å². The van der Waals surface area contributed by atoms with E-state index in [1.165, 1.54) is 6.20 Å². The number of anilines is 1. The van der Waals surface area contributed by atoms with E-state index in [0.717, 1.165) is 0 Å². The van der Waals surface area contributed by atoms with E-state index in [4.69, 9.17) is 4.74 Å². The topological polar surface area (TPSA) is 101 Å². The summed E-state index contributed by atoms with van der Waals surface area (Å²) < 4.78 is 56.8. The molecule has 8 nitrogen and oxygen atoms in total. The first kappa shape index (κ1) is 18.5. The van der Waals surface area contributed by atoms with Gasteiger partial charge in [-0.3, -0.25) is 4.79 Å². The van der Waals surface area contributed by atoms with E-state index in [-0.39, 0.29) is 6.01 Å². The SMILES string of the molecule is CN(C)c1ccnc(Oc2cc(F)c(C(=O)NS(C)(=O)=O)cc2F)n1. The van der Waals surface area contributed by atoms with Crippen molar-refractivity contribution in [1.82, 2.24) is 14.7 Å². The highest BCUT2D eigenvalue weighted by Gasteiger charge is 2.20. The lowest BCUT2D eigenvalue weighted by Gasteiger charge is -2.12. The fourth-order valence-electron chi connectivity index (χ4n) is 1.73. The van der Waals surface area contributed by atoms with E-state index in [9.17, 15) is 22.0 Å². The predicted octanol–water partition coefficient (Wildman–Crippen LogP) is 1.30. The first-order valence-electron chi connectivity index (χ1n) is 6.76. The summed E-state index contributed by atoms with van der Waals surface area (Å²) in [7, 11) is -0.470. The van der Waals surface area contributed by atoms with Crippen molar-refractivity contribution in [3.8, 4) is 11.8 Å². The standard InChI is InChI=1S/C14H14F2N4O4S/c1-20(2)12-4-5-17-14(18-12)24-11-7-9(15)8(6-10(11)16)13(21)19-25(3,22)23/h4-7H,1-3H3,(H,19,21). The number of nitrogens with one attached hydrogen (secondary N) is 1. The highest BCUT2D eigenvalue weighted by Crippen LogP contribution is 2.26.